The van der Waals surface area contributed by atoms with Crippen molar-refractivity contribution in [1.29, 1.82) is 0 Å². The molecule has 2 atom stereocenters. The number of nitrogens with two attached hydrogens (primary N) is 1. The number of likely N-dealkylation sites (tertiary alicyclic amines) is 1. The van der Waals surface area contributed by atoms with E-state index in [1.165, 1.54) is 5.56 Å². The molecule has 0 saturated carbocycles. The van der Waals surface area contributed by atoms with Gasteiger partial charge in [0.15, 0.2) is 0 Å². The highest BCUT2D eigenvalue weighted by Crippen LogP contribution is 2.25. The van der Waals surface area contributed by atoms with Crippen LogP contribution in [0.2, 0.25) is 0 Å². The van der Waals surface area contributed by atoms with Gasteiger partial charge in [0.25, 0.3) is 5.91 Å². The Morgan fingerprint density at radius 1 is 1.12 bits per heavy atom. The lowest BCUT2D eigenvalue weighted by Crippen LogP contribution is -2.58. The summed E-state index contributed by atoms with van der Waals surface area (Å²) in [6.07, 6.45) is 2.47. The monoisotopic (exact) mass is 464 g/mol. The third-order valence-corrected chi connectivity index (χ3v) is 6.53. The Kier molecular flexibility index (Phi) is 9.66. The molecule has 3 rings (SSSR count). The number of amides is 2. The van der Waals surface area contributed by atoms with Crippen molar-refractivity contribution >= 4 is 11.8 Å². The van der Waals surface area contributed by atoms with Gasteiger partial charge >= 0.3 is 0 Å². The van der Waals surface area contributed by atoms with E-state index in [2.05, 4.69) is 48.3 Å². The molecule has 1 saturated heterocycles. The van der Waals surface area contributed by atoms with Crippen molar-refractivity contribution in [2.45, 2.75) is 52.1 Å². The molecule has 184 valence electrons. The van der Waals surface area contributed by atoms with E-state index in [4.69, 9.17) is 5.73 Å². The molecule has 6 heteroatoms. The molecular formula is C28H40N4O2. The predicted octanol–water partition coefficient (Wildman–Crippen LogP) is 3.24. The molecule has 34 heavy (non-hydrogen) atoms. The lowest BCUT2D eigenvalue weighted by molar-refractivity contribution is -0.127. The summed E-state index contributed by atoms with van der Waals surface area (Å²) in [6, 6.07) is 17.9. The Bertz CT molecular complexity index is 914. The fraction of sp³-hybridized carbons (Fsp3) is 0.500. The summed E-state index contributed by atoms with van der Waals surface area (Å²) in [5, 5.41) is 2.93. The zero-order valence-electron chi connectivity index (χ0n) is 20.9. The SMILES string of the molecule is Cc1ccc(C(=O)N2CCC(N(CCc3ccccc3)CC(C)C)C[C@@H]2C(=O)NCCN)cc1. The normalized spacial score (nSPS) is 18.4. The van der Waals surface area contributed by atoms with Gasteiger partial charge in [-0.25, -0.2) is 0 Å². The number of benzene rings is 2. The van der Waals surface area contributed by atoms with E-state index in [1.54, 1.807) is 4.90 Å². The Hall–Kier alpha value is -2.70. The average Bonchev–Trinajstić information content (AvgIpc) is 2.85. The first kappa shape index (κ1) is 25.9. The van der Waals surface area contributed by atoms with Gasteiger partial charge in [-0.1, -0.05) is 61.9 Å². The maximum atomic E-state index is 13.4. The number of carbonyl (C=O) groups excluding carboxylic acids is 2. The number of aryl methyl sites for hydroxylation is 1. The third kappa shape index (κ3) is 7.15. The minimum atomic E-state index is -0.495. The number of hydrogen-bond donors (Lipinski definition) is 2. The summed E-state index contributed by atoms with van der Waals surface area (Å²) >= 11 is 0. The third-order valence-electron chi connectivity index (χ3n) is 6.53. The molecule has 2 aromatic carbocycles. The van der Waals surface area contributed by atoms with Gasteiger partial charge < -0.3 is 16.0 Å². The molecule has 1 aliphatic heterocycles. The van der Waals surface area contributed by atoms with Gasteiger partial charge in [0.2, 0.25) is 5.91 Å². The van der Waals surface area contributed by atoms with Gasteiger partial charge in [0.05, 0.1) is 0 Å². The lowest BCUT2D eigenvalue weighted by atomic mass is 9.93. The predicted molar refractivity (Wildman–Crippen MR) is 138 cm³/mol. The topological polar surface area (TPSA) is 78.7 Å². The fourth-order valence-electron chi connectivity index (χ4n) is 4.75. The highest BCUT2D eigenvalue weighted by molar-refractivity contribution is 5.97. The lowest BCUT2D eigenvalue weighted by Gasteiger charge is -2.43. The van der Waals surface area contributed by atoms with Crippen LogP contribution < -0.4 is 11.1 Å². The van der Waals surface area contributed by atoms with Crippen LogP contribution in [0.1, 0.15) is 48.2 Å². The number of carbonyl (C=O) groups is 2. The summed E-state index contributed by atoms with van der Waals surface area (Å²) in [5.41, 5.74) is 8.68. The molecule has 1 fully saturated rings. The summed E-state index contributed by atoms with van der Waals surface area (Å²) in [6.45, 7) is 9.74. The van der Waals surface area contributed by atoms with E-state index in [0.717, 1.165) is 31.5 Å². The van der Waals surface area contributed by atoms with Crippen molar-refractivity contribution in [3.8, 4) is 0 Å². The smallest absolute Gasteiger partial charge is 0.254 e. The highest BCUT2D eigenvalue weighted by Gasteiger charge is 2.38. The van der Waals surface area contributed by atoms with E-state index in [9.17, 15) is 9.59 Å². The number of rotatable bonds is 10. The van der Waals surface area contributed by atoms with Crippen molar-refractivity contribution in [1.82, 2.24) is 15.1 Å². The summed E-state index contributed by atoms with van der Waals surface area (Å²) in [4.78, 5) is 30.8. The van der Waals surface area contributed by atoms with Crippen LogP contribution in [-0.2, 0) is 11.2 Å². The van der Waals surface area contributed by atoms with Crippen LogP contribution in [0.5, 0.6) is 0 Å². The highest BCUT2D eigenvalue weighted by atomic mass is 16.2. The van der Waals surface area contributed by atoms with Crippen molar-refractivity contribution in [2.24, 2.45) is 11.7 Å². The van der Waals surface area contributed by atoms with Crippen molar-refractivity contribution in [3.05, 3.63) is 71.3 Å². The minimum absolute atomic E-state index is 0.0777. The second kappa shape index (κ2) is 12.7. The Balaban J connectivity index is 1.77. The van der Waals surface area contributed by atoms with Gasteiger partial charge in [-0.05, 0) is 49.8 Å². The van der Waals surface area contributed by atoms with E-state index >= 15 is 0 Å². The molecular weight excluding hydrogens is 424 g/mol. The van der Waals surface area contributed by atoms with E-state index in [0.29, 0.717) is 37.5 Å². The molecule has 1 unspecified atom stereocenters. The second-order valence-corrected chi connectivity index (χ2v) is 9.76. The molecule has 1 aliphatic rings. The molecule has 0 aliphatic carbocycles. The van der Waals surface area contributed by atoms with E-state index in [1.807, 2.05) is 37.3 Å². The van der Waals surface area contributed by atoms with E-state index < -0.39 is 6.04 Å². The Morgan fingerprint density at radius 3 is 2.47 bits per heavy atom. The summed E-state index contributed by atoms with van der Waals surface area (Å²) in [5.74, 6) is 0.335. The zero-order valence-corrected chi connectivity index (χ0v) is 20.9. The quantitative estimate of drug-likeness (QED) is 0.566. The summed E-state index contributed by atoms with van der Waals surface area (Å²) < 4.78 is 0. The summed E-state index contributed by atoms with van der Waals surface area (Å²) in [7, 11) is 0. The van der Waals surface area contributed by atoms with Crippen molar-refractivity contribution in [3.63, 3.8) is 0 Å². The molecule has 0 bridgehead atoms. The van der Waals surface area contributed by atoms with Gasteiger partial charge in [-0.15, -0.1) is 0 Å². The van der Waals surface area contributed by atoms with Crippen LogP contribution in [0, 0.1) is 12.8 Å². The van der Waals surface area contributed by atoms with E-state index in [-0.39, 0.29) is 17.9 Å². The zero-order chi connectivity index (χ0) is 24.5. The molecule has 0 radical (unpaired) electrons. The molecule has 6 nitrogen and oxygen atoms in total. The standard InChI is InChI=1S/C28H40N4O2/c1-21(2)20-31(17-13-23-7-5-4-6-8-23)25-14-18-32(26(19-25)27(33)30-16-15-29)28(34)24-11-9-22(3)10-12-24/h4-12,21,25-26H,13-20,29H2,1-3H3,(H,30,33)/t25?,26-/m1/s1. The fourth-order valence-corrected chi connectivity index (χ4v) is 4.75. The molecule has 0 spiro atoms. The van der Waals surface area contributed by atoms with Gasteiger partial charge in [-0.2, -0.15) is 0 Å². The van der Waals surface area contributed by atoms with Crippen LogP contribution in [-0.4, -0.2) is 66.4 Å². The molecule has 3 N–H and O–H groups in total. The average molecular weight is 465 g/mol. The van der Waals surface area contributed by atoms with Crippen molar-refractivity contribution in [2.75, 3.05) is 32.7 Å². The molecule has 2 aromatic rings. The minimum Gasteiger partial charge on any atom is -0.353 e. The number of nitrogens with one attached hydrogen (secondary N) is 1. The first-order chi connectivity index (χ1) is 16.4. The Labute approximate surface area is 204 Å². The van der Waals surface area contributed by atoms with Crippen LogP contribution in [0.3, 0.4) is 0 Å². The molecule has 1 heterocycles. The van der Waals surface area contributed by atoms with Crippen LogP contribution in [0.15, 0.2) is 54.6 Å². The van der Waals surface area contributed by atoms with Crippen LogP contribution >= 0.6 is 0 Å². The first-order valence-corrected chi connectivity index (χ1v) is 12.5. The first-order valence-electron chi connectivity index (χ1n) is 12.5. The largest absolute Gasteiger partial charge is 0.353 e. The van der Waals surface area contributed by atoms with Gasteiger partial charge in [0.1, 0.15) is 6.04 Å². The van der Waals surface area contributed by atoms with Crippen LogP contribution in [0.25, 0.3) is 0 Å². The van der Waals surface area contributed by atoms with Gasteiger partial charge in [-0.3, -0.25) is 14.5 Å². The Morgan fingerprint density at radius 2 is 1.82 bits per heavy atom. The molecule has 0 aromatic heterocycles. The van der Waals surface area contributed by atoms with Crippen LogP contribution in [0.4, 0.5) is 0 Å². The number of nitrogens with zero attached hydrogens (tertiary/aromatic N) is 2. The maximum absolute atomic E-state index is 13.4. The van der Waals surface area contributed by atoms with Crippen molar-refractivity contribution < 1.29 is 9.59 Å². The molecule has 2 amide bonds. The van der Waals surface area contributed by atoms with Gasteiger partial charge in [0, 0.05) is 44.3 Å². The number of piperidine rings is 1. The maximum Gasteiger partial charge on any atom is 0.254 e. The number of hydrogen-bond acceptors (Lipinski definition) is 4. The second-order valence-electron chi connectivity index (χ2n) is 9.76.